The molecule has 0 aliphatic carbocycles. The Hall–Kier alpha value is -2.28. The topological polar surface area (TPSA) is 39.4 Å². The molecule has 0 saturated carbocycles. The van der Waals surface area contributed by atoms with Crippen LogP contribution in [0.15, 0.2) is 30.5 Å². The van der Waals surface area contributed by atoms with Gasteiger partial charge in [-0.05, 0) is 54.5 Å². The van der Waals surface area contributed by atoms with E-state index in [9.17, 15) is 13.2 Å². The van der Waals surface area contributed by atoms with Gasteiger partial charge in [0, 0.05) is 5.56 Å². The molecule has 0 aliphatic rings. The molecule has 0 N–H and O–H groups in total. The number of nitrogens with zero attached hydrogens (tertiary/aromatic N) is 3. The van der Waals surface area contributed by atoms with Gasteiger partial charge in [0.05, 0.1) is 12.8 Å². The largest absolute Gasteiger partial charge is 0.493 e. The number of aromatic nitrogens is 3. The van der Waals surface area contributed by atoms with Crippen LogP contribution in [-0.2, 0) is 6.18 Å². The van der Waals surface area contributed by atoms with Crippen molar-refractivity contribution >= 4 is 17.2 Å². The van der Waals surface area contributed by atoms with Crippen molar-refractivity contribution in [1.82, 2.24) is 14.6 Å². The molecule has 0 radical (unpaired) electrons. The van der Waals surface area contributed by atoms with Gasteiger partial charge in [-0.2, -0.15) is 18.3 Å². The summed E-state index contributed by atoms with van der Waals surface area (Å²) in [7, 11) is 0. The molecular weight excluding hydrogens is 403 g/mol. The number of rotatable bonds is 6. The van der Waals surface area contributed by atoms with Crippen molar-refractivity contribution in [2.24, 2.45) is 11.8 Å². The van der Waals surface area contributed by atoms with Gasteiger partial charge in [0.15, 0.2) is 16.5 Å². The maximum absolute atomic E-state index is 13.1. The lowest BCUT2D eigenvalue weighted by molar-refractivity contribution is -0.140. The van der Waals surface area contributed by atoms with Crippen LogP contribution in [0.4, 0.5) is 13.2 Å². The number of aryl methyl sites for hydroxylation is 1. The monoisotopic (exact) mass is 425 g/mol. The second kappa shape index (κ2) is 8.22. The molecule has 29 heavy (non-hydrogen) atoms. The number of ether oxygens (including phenoxy) is 1. The number of fused-ring (bicyclic) bond motifs is 1. The Morgan fingerprint density at radius 2 is 1.90 bits per heavy atom. The molecular formula is C21H23ClF3N3O. The van der Waals surface area contributed by atoms with Crippen molar-refractivity contribution in [2.45, 2.75) is 40.3 Å². The van der Waals surface area contributed by atoms with Gasteiger partial charge in [-0.15, -0.1) is 0 Å². The summed E-state index contributed by atoms with van der Waals surface area (Å²) < 4.78 is 46.2. The smallest absolute Gasteiger partial charge is 0.434 e. The number of imidazole rings is 1. The number of alkyl halides is 3. The molecule has 1 atom stereocenters. The van der Waals surface area contributed by atoms with Crippen molar-refractivity contribution in [3.05, 3.63) is 46.9 Å². The summed E-state index contributed by atoms with van der Waals surface area (Å²) in [6.45, 7) is 9.02. The number of halogens is 4. The highest BCUT2D eigenvalue weighted by atomic mass is 35.5. The van der Waals surface area contributed by atoms with Crippen molar-refractivity contribution in [2.75, 3.05) is 6.61 Å². The highest BCUT2D eigenvalue weighted by Crippen LogP contribution is 2.33. The van der Waals surface area contributed by atoms with Gasteiger partial charge < -0.3 is 4.74 Å². The first-order valence-electron chi connectivity index (χ1n) is 9.41. The Morgan fingerprint density at radius 1 is 1.17 bits per heavy atom. The molecule has 1 aromatic carbocycles. The molecule has 2 heterocycles. The van der Waals surface area contributed by atoms with Crippen LogP contribution in [-0.4, -0.2) is 21.2 Å². The maximum Gasteiger partial charge on any atom is 0.434 e. The molecule has 3 rings (SSSR count). The fourth-order valence-corrected chi connectivity index (χ4v) is 3.57. The first kappa shape index (κ1) is 21.4. The second-order valence-corrected chi connectivity index (χ2v) is 8.19. The molecule has 156 valence electrons. The SMILES string of the molecule is Cc1cc(-c2cc(Cl)nn3cc(C(F)(F)F)nc23)ccc1OC[C@H](C)CC(C)C. The lowest BCUT2D eigenvalue weighted by Gasteiger charge is -2.16. The molecule has 0 unspecified atom stereocenters. The summed E-state index contributed by atoms with van der Waals surface area (Å²) in [6.07, 6.45) is -2.64. The van der Waals surface area contributed by atoms with Crippen LogP contribution >= 0.6 is 11.6 Å². The minimum Gasteiger partial charge on any atom is -0.493 e. The van der Waals surface area contributed by atoms with Gasteiger partial charge in [0.1, 0.15) is 5.75 Å². The van der Waals surface area contributed by atoms with Crippen LogP contribution in [0.2, 0.25) is 5.15 Å². The molecule has 0 aliphatic heterocycles. The average molecular weight is 426 g/mol. The summed E-state index contributed by atoms with van der Waals surface area (Å²) in [5, 5.41) is 3.99. The van der Waals surface area contributed by atoms with Gasteiger partial charge in [0.2, 0.25) is 0 Å². The number of hydrogen-bond donors (Lipinski definition) is 0. The molecule has 0 fully saturated rings. The van der Waals surface area contributed by atoms with Gasteiger partial charge >= 0.3 is 6.18 Å². The predicted molar refractivity (Wildman–Crippen MR) is 107 cm³/mol. The summed E-state index contributed by atoms with van der Waals surface area (Å²) in [5.41, 5.74) is 1.14. The first-order valence-corrected chi connectivity index (χ1v) is 9.79. The third-order valence-electron chi connectivity index (χ3n) is 4.57. The van der Waals surface area contributed by atoms with Crippen LogP contribution in [0.25, 0.3) is 16.8 Å². The fraction of sp³-hybridized carbons (Fsp3) is 0.429. The molecule has 8 heteroatoms. The molecule has 4 nitrogen and oxygen atoms in total. The zero-order valence-electron chi connectivity index (χ0n) is 16.7. The zero-order chi connectivity index (χ0) is 21.3. The van der Waals surface area contributed by atoms with Gasteiger partial charge in [-0.25, -0.2) is 9.50 Å². The molecule has 0 saturated heterocycles. The highest BCUT2D eigenvalue weighted by Gasteiger charge is 2.34. The van der Waals surface area contributed by atoms with E-state index in [0.29, 0.717) is 29.6 Å². The Balaban J connectivity index is 1.92. The third kappa shape index (κ3) is 5.01. The van der Waals surface area contributed by atoms with Gasteiger partial charge in [0.25, 0.3) is 0 Å². The predicted octanol–water partition coefficient (Wildman–Crippen LogP) is 6.44. The summed E-state index contributed by atoms with van der Waals surface area (Å²) in [4.78, 5) is 3.73. The normalized spacial score (nSPS) is 13.3. The lowest BCUT2D eigenvalue weighted by Crippen LogP contribution is -2.11. The first-order chi connectivity index (χ1) is 13.5. The summed E-state index contributed by atoms with van der Waals surface area (Å²) in [6, 6.07) is 6.99. The maximum atomic E-state index is 13.1. The molecule has 0 amide bonds. The van der Waals surface area contributed by atoms with Crippen LogP contribution < -0.4 is 4.74 Å². The zero-order valence-corrected chi connectivity index (χ0v) is 17.5. The van der Waals surface area contributed by atoms with Crippen LogP contribution in [0.5, 0.6) is 5.75 Å². The quantitative estimate of drug-likeness (QED) is 0.456. The minimum atomic E-state index is -4.56. The van der Waals surface area contributed by atoms with E-state index in [0.717, 1.165) is 28.4 Å². The van der Waals surface area contributed by atoms with Crippen molar-refractivity contribution in [1.29, 1.82) is 0 Å². The van der Waals surface area contributed by atoms with E-state index in [-0.39, 0.29) is 10.8 Å². The van der Waals surface area contributed by atoms with Crippen molar-refractivity contribution in [3.8, 4) is 16.9 Å². The fourth-order valence-electron chi connectivity index (χ4n) is 3.38. The number of benzene rings is 1. The average Bonchev–Trinajstić information content (AvgIpc) is 3.03. The molecule has 2 aromatic heterocycles. The summed E-state index contributed by atoms with van der Waals surface area (Å²) in [5.74, 6) is 1.78. The van der Waals surface area contributed by atoms with E-state index in [1.807, 2.05) is 19.1 Å². The number of hydrogen-bond acceptors (Lipinski definition) is 3. The third-order valence-corrected chi connectivity index (χ3v) is 4.75. The van der Waals surface area contributed by atoms with E-state index < -0.39 is 11.9 Å². The highest BCUT2D eigenvalue weighted by molar-refractivity contribution is 6.29. The van der Waals surface area contributed by atoms with E-state index >= 15 is 0 Å². The van der Waals surface area contributed by atoms with Crippen LogP contribution in [0, 0.1) is 18.8 Å². The Kier molecular flexibility index (Phi) is 6.08. The Labute approximate surface area is 172 Å². The lowest BCUT2D eigenvalue weighted by atomic mass is 10.00. The van der Waals surface area contributed by atoms with Gasteiger partial charge in [-0.3, -0.25) is 0 Å². The van der Waals surface area contributed by atoms with Crippen LogP contribution in [0.3, 0.4) is 0 Å². The van der Waals surface area contributed by atoms with E-state index in [4.69, 9.17) is 16.3 Å². The second-order valence-electron chi connectivity index (χ2n) is 7.80. The van der Waals surface area contributed by atoms with Crippen molar-refractivity contribution in [3.63, 3.8) is 0 Å². The molecule has 0 bridgehead atoms. The Morgan fingerprint density at radius 3 is 2.52 bits per heavy atom. The van der Waals surface area contributed by atoms with E-state index in [2.05, 4.69) is 30.9 Å². The van der Waals surface area contributed by atoms with Gasteiger partial charge in [-0.1, -0.05) is 38.4 Å². The van der Waals surface area contributed by atoms with Crippen molar-refractivity contribution < 1.29 is 17.9 Å². The van der Waals surface area contributed by atoms with E-state index in [1.54, 1.807) is 6.07 Å². The molecule has 0 spiro atoms. The molecule has 3 aromatic rings. The minimum absolute atomic E-state index is 0.0825. The van der Waals surface area contributed by atoms with E-state index in [1.165, 1.54) is 6.07 Å². The Bertz CT molecular complexity index is 1010. The standard InChI is InChI=1S/C21H23ClF3N3O/c1-12(2)7-13(3)11-29-17-6-5-15(8-14(17)4)16-9-19(22)27-28-10-18(21(23,24)25)26-20(16)28/h5-6,8-10,12-13H,7,11H2,1-4H3/t13-/m1/s1. The summed E-state index contributed by atoms with van der Waals surface area (Å²) >= 11 is 6.03. The van der Waals surface area contributed by atoms with Crippen LogP contribution in [0.1, 0.15) is 38.4 Å².